The first-order valence-corrected chi connectivity index (χ1v) is 22.1. The molecule has 2 aromatic carbocycles. The summed E-state index contributed by atoms with van der Waals surface area (Å²) in [6, 6.07) is 13.2. The molecule has 14 nitrogen and oxygen atoms in total. The Morgan fingerprint density at radius 2 is 1.83 bits per heavy atom. The van der Waals surface area contributed by atoms with Gasteiger partial charge in [-0.25, -0.2) is 5.43 Å². The largest absolute Gasteiger partial charge is 0.508 e. The van der Waals surface area contributed by atoms with Gasteiger partial charge < -0.3 is 35.1 Å². The van der Waals surface area contributed by atoms with E-state index in [0.717, 1.165) is 57.4 Å². The predicted octanol–water partition coefficient (Wildman–Crippen LogP) is 6.09. The molecule has 0 spiro atoms. The minimum absolute atomic E-state index is 0.00890. The smallest absolute Gasteiger partial charge is 0.302 e. The Hall–Kier alpha value is -5.57. The number of benzene rings is 2. The van der Waals surface area contributed by atoms with Gasteiger partial charge in [0.25, 0.3) is 5.91 Å². The van der Waals surface area contributed by atoms with E-state index in [1.165, 1.54) is 11.8 Å². The maximum absolute atomic E-state index is 14.3. The number of phenols is 1. The molecule has 6 rings (SSSR count). The number of hydrogen-bond acceptors (Lipinski definition) is 10. The summed E-state index contributed by atoms with van der Waals surface area (Å²) < 4.78 is 13.6. The fourth-order valence-corrected chi connectivity index (χ4v) is 8.91. The summed E-state index contributed by atoms with van der Waals surface area (Å²) in [6.45, 7) is 15.4. The monoisotopic (exact) mass is 863 g/mol. The predicted molar refractivity (Wildman–Crippen MR) is 244 cm³/mol. The van der Waals surface area contributed by atoms with Crippen LogP contribution in [-0.4, -0.2) is 100 Å². The summed E-state index contributed by atoms with van der Waals surface area (Å²) >= 11 is 0. The lowest BCUT2D eigenvalue weighted by atomic mass is 9.84. The molecule has 1 aliphatic carbocycles. The number of amides is 3. The van der Waals surface area contributed by atoms with Crippen molar-refractivity contribution in [1.29, 1.82) is 0 Å². The van der Waals surface area contributed by atoms with Crippen molar-refractivity contribution in [3.05, 3.63) is 83.7 Å². The van der Waals surface area contributed by atoms with Gasteiger partial charge in [-0.15, -0.1) is 0 Å². The Morgan fingerprint density at radius 3 is 2.44 bits per heavy atom. The number of ether oxygens (including phenoxy) is 2. The maximum atomic E-state index is 14.3. The average Bonchev–Trinajstić information content (AvgIpc) is 3.55. The molecule has 5 atom stereocenters. The van der Waals surface area contributed by atoms with Gasteiger partial charge >= 0.3 is 5.97 Å². The highest BCUT2D eigenvalue weighted by atomic mass is 16.5. The van der Waals surface area contributed by atoms with E-state index in [9.17, 15) is 24.3 Å². The first-order valence-electron chi connectivity index (χ1n) is 22.1. The molecular formula is C49H65N7O7. The van der Waals surface area contributed by atoms with Gasteiger partial charge in [0.1, 0.15) is 17.8 Å². The van der Waals surface area contributed by atoms with Crippen molar-refractivity contribution in [2.45, 2.75) is 105 Å². The van der Waals surface area contributed by atoms with Gasteiger partial charge in [0.2, 0.25) is 11.8 Å². The summed E-state index contributed by atoms with van der Waals surface area (Å²) in [5.74, 6) is -2.11. The highest BCUT2D eigenvalue weighted by Gasteiger charge is 2.39. The van der Waals surface area contributed by atoms with Crippen LogP contribution >= 0.6 is 0 Å². The van der Waals surface area contributed by atoms with Gasteiger partial charge in [-0.1, -0.05) is 52.0 Å². The van der Waals surface area contributed by atoms with Gasteiger partial charge in [-0.2, -0.15) is 0 Å². The Bertz CT molecular complexity index is 2350. The van der Waals surface area contributed by atoms with Crippen molar-refractivity contribution < 1.29 is 33.8 Å². The average molecular weight is 864 g/mol. The number of hydrazine groups is 1. The molecule has 1 unspecified atom stereocenters. The van der Waals surface area contributed by atoms with Crippen LogP contribution in [0.25, 0.3) is 33.3 Å². The number of rotatable bonds is 17. The highest BCUT2D eigenvalue weighted by Crippen LogP contribution is 2.42. The Balaban J connectivity index is 1.41. The van der Waals surface area contributed by atoms with Crippen LogP contribution in [0.5, 0.6) is 5.75 Å². The van der Waals surface area contributed by atoms with E-state index in [0.29, 0.717) is 31.6 Å². The Kier molecular flexibility index (Phi) is 14.8. The molecule has 3 heterocycles. The summed E-state index contributed by atoms with van der Waals surface area (Å²) in [5, 5.41) is 16.9. The lowest BCUT2D eigenvalue weighted by Gasteiger charge is -2.37. The van der Waals surface area contributed by atoms with E-state index in [1.54, 1.807) is 49.6 Å². The van der Waals surface area contributed by atoms with E-state index >= 15 is 0 Å². The quantitative estimate of drug-likeness (QED) is 0.0717. The second-order valence-electron chi connectivity index (χ2n) is 18.1. The molecule has 2 aromatic heterocycles. The van der Waals surface area contributed by atoms with E-state index in [-0.39, 0.29) is 48.6 Å². The van der Waals surface area contributed by atoms with Crippen LogP contribution in [0.4, 0.5) is 0 Å². The number of esters is 1. The second kappa shape index (κ2) is 19.9. The number of aromatic hydroxyl groups is 1. The van der Waals surface area contributed by atoms with Crippen LogP contribution < -0.4 is 16.5 Å². The van der Waals surface area contributed by atoms with Crippen molar-refractivity contribution in [1.82, 2.24) is 30.2 Å². The van der Waals surface area contributed by atoms with Gasteiger partial charge in [-0.05, 0) is 97.7 Å². The normalized spacial score (nSPS) is 17.9. The third-order valence-electron chi connectivity index (χ3n) is 12.3. The summed E-state index contributed by atoms with van der Waals surface area (Å²) in [4.78, 5) is 60.1. The lowest BCUT2D eigenvalue weighted by molar-refractivity contribution is -0.145. The topological polar surface area (TPSA) is 181 Å². The van der Waals surface area contributed by atoms with Gasteiger partial charge in [0.15, 0.2) is 0 Å². The number of carbonyl (C=O) groups is 4. The standard InChI is InChI=1S/C49H65N7O7/c1-10-55-42-18-15-33(26-38(42)39(27-49(6,7)28-63-31(5)57)45(55)37-14-13-19-51-43(37)30(4)62-9)34-22-32(23-35(58)25-34)24-41(48(61)56-21-12-11-20-52-56)53-46(59)44(29(2)3)54(8)47(60)36-16-17-40(36)50/h13-19,22-23,25-26,29-30,36,40-41,44,52,58H,10-12,20-21,24,27-28,50H2,1-9H3,(H,53,59)/t30-,36+,40-,41-,44?/m0/s1. The number of hydrogen-bond donors (Lipinski definition) is 4. The highest BCUT2D eigenvalue weighted by molar-refractivity contribution is 5.96. The number of phenolic OH excluding ortho intramolecular Hbond substituents is 1. The molecule has 4 aromatic rings. The number of pyridine rings is 1. The first kappa shape index (κ1) is 46.9. The van der Waals surface area contributed by atoms with Crippen LogP contribution in [0.1, 0.15) is 84.2 Å². The van der Waals surface area contributed by atoms with Crippen molar-refractivity contribution in [2.75, 3.05) is 33.9 Å². The number of fused-ring (bicyclic) bond motifs is 1. The molecule has 0 bridgehead atoms. The van der Waals surface area contributed by atoms with E-state index < -0.39 is 35.4 Å². The van der Waals surface area contributed by atoms with Crippen LogP contribution in [0.15, 0.2) is 66.9 Å². The molecule has 1 saturated heterocycles. The molecule has 338 valence electrons. The molecule has 1 aliphatic heterocycles. The van der Waals surface area contributed by atoms with Crippen LogP contribution in [0.2, 0.25) is 0 Å². The van der Waals surface area contributed by atoms with Crippen molar-refractivity contribution in [3.63, 3.8) is 0 Å². The van der Waals surface area contributed by atoms with Crippen LogP contribution in [0.3, 0.4) is 0 Å². The summed E-state index contributed by atoms with van der Waals surface area (Å²) in [5.41, 5.74) is 15.8. The van der Waals surface area contributed by atoms with Gasteiger partial charge in [-0.3, -0.25) is 29.2 Å². The number of aromatic nitrogens is 2. The molecule has 5 N–H and O–H groups in total. The molecule has 3 amide bonds. The van der Waals surface area contributed by atoms with Crippen molar-refractivity contribution in [2.24, 2.45) is 23.0 Å². The van der Waals surface area contributed by atoms with Gasteiger partial charge in [0, 0.05) is 81.3 Å². The minimum atomic E-state index is -1.01. The molecular weight excluding hydrogens is 799 g/mol. The number of aryl methyl sites for hydroxylation is 1. The molecule has 1 fully saturated rings. The fourth-order valence-electron chi connectivity index (χ4n) is 8.91. The fraction of sp³-hybridized carbons (Fsp3) is 0.490. The minimum Gasteiger partial charge on any atom is -0.508 e. The summed E-state index contributed by atoms with van der Waals surface area (Å²) in [7, 11) is 3.27. The molecule has 63 heavy (non-hydrogen) atoms. The van der Waals surface area contributed by atoms with Crippen LogP contribution in [0, 0.1) is 17.3 Å². The first-order chi connectivity index (χ1) is 29.9. The molecule has 0 saturated carbocycles. The van der Waals surface area contributed by atoms with Crippen molar-refractivity contribution in [3.8, 4) is 28.1 Å². The number of nitrogens with two attached hydrogens (primary N) is 1. The summed E-state index contributed by atoms with van der Waals surface area (Å²) in [6.07, 6.45) is 7.39. The Labute approximate surface area is 371 Å². The maximum Gasteiger partial charge on any atom is 0.302 e. The van der Waals surface area contributed by atoms with E-state index in [2.05, 4.69) is 54.3 Å². The zero-order valence-electron chi connectivity index (χ0n) is 38.2. The number of methoxy groups -OCH3 is 1. The zero-order chi connectivity index (χ0) is 45.7. The van der Waals surface area contributed by atoms with Gasteiger partial charge in [0.05, 0.1) is 30.0 Å². The molecule has 2 aliphatic rings. The molecule has 0 radical (unpaired) electrons. The third kappa shape index (κ3) is 10.5. The van der Waals surface area contributed by atoms with E-state index in [4.69, 9.17) is 20.2 Å². The van der Waals surface area contributed by atoms with E-state index in [1.807, 2.05) is 39.0 Å². The zero-order valence-corrected chi connectivity index (χ0v) is 38.2. The SMILES string of the molecule is CCn1c(-c2cccnc2[C@H](C)OC)c(CC(C)(C)COC(C)=O)c2cc(-c3cc(O)cc(C[C@H](NC(=O)C(C(C)C)N(C)C(=O)[C@@H]4C=C[C@@H]4N)C(=O)N4CCCCN4)c3)ccc21. The number of carbonyl (C=O) groups excluding carboxylic acids is 4. The lowest BCUT2D eigenvalue weighted by Crippen LogP contribution is -2.60. The Morgan fingerprint density at radius 1 is 1.06 bits per heavy atom. The molecule has 14 heteroatoms. The number of likely N-dealkylation sites (N-methyl/N-ethyl adjacent to an activating group) is 1. The third-order valence-corrected chi connectivity index (χ3v) is 12.3. The number of nitrogens with zero attached hydrogens (tertiary/aromatic N) is 4. The second-order valence-corrected chi connectivity index (χ2v) is 18.1. The van der Waals surface area contributed by atoms with Crippen molar-refractivity contribution >= 4 is 34.6 Å². The van der Waals surface area contributed by atoms with Crippen LogP contribution in [-0.2, 0) is 48.0 Å². The number of nitrogens with one attached hydrogen (secondary N) is 2.